The van der Waals surface area contributed by atoms with Crippen molar-refractivity contribution in [2.45, 2.75) is 11.1 Å². The fourth-order valence-corrected chi connectivity index (χ4v) is 2.46. The van der Waals surface area contributed by atoms with Crippen LogP contribution in [0.2, 0.25) is 5.02 Å². The van der Waals surface area contributed by atoms with Crippen molar-refractivity contribution < 1.29 is 27.8 Å². The summed E-state index contributed by atoms with van der Waals surface area (Å²) in [6.45, 7) is 0. The molecule has 0 aromatic heterocycles. The SMILES string of the molecule is [O-][S+](CC(F)(F)F)c1cc(B(O)O)ccc1Cl. The lowest BCUT2D eigenvalue weighted by Gasteiger charge is -2.14. The summed E-state index contributed by atoms with van der Waals surface area (Å²) >= 11 is 3.23. The first-order valence-electron chi connectivity index (χ1n) is 4.31. The van der Waals surface area contributed by atoms with Crippen LogP contribution in [0.5, 0.6) is 0 Å². The first kappa shape index (κ1) is 14.7. The molecule has 0 aliphatic rings. The van der Waals surface area contributed by atoms with Crippen LogP contribution in [0.1, 0.15) is 0 Å². The Bertz CT molecular complexity index is 402. The minimum Gasteiger partial charge on any atom is -0.611 e. The van der Waals surface area contributed by atoms with Gasteiger partial charge in [-0.15, -0.1) is 0 Å². The maximum absolute atomic E-state index is 12.0. The minimum absolute atomic E-state index is 0.0695. The Balaban J connectivity index is 2.99. The number of rotatable bonds is 3. The van der Waals surface area contributed by atoms with Crippen LogP contribution in [0.4, 0.5) is 13.2 Å². The lowest BCUT2D eigenvalue weighted by molar-refractivity contribution is -0.106. The lowest BCUT2D eigenvalue weighted by atomic mass is 9.80. The summed E-state index contributed by atoms with van der Waals surface area (Å²) < 4.78 is 47.5. The monoisotopic (exact) mass is 286 g/mol. The summed E-state index contributed by atoms with van der Waals surface area (Å²) in [6.07, 6.45) is -4.58. The van der Waals surface area contributed by atoms with Gasteiger partial charge in [-0.1, -0.05) is 17.7 Å². The van der Waals surface area contributed by atoms with Gasteiger partial charge in [0.25, 0.3) is 0 Å². The Morgan fingerprint density at radius 3 is 2.41 bits per heavy atom. The predicted molar refractivity (Wildman–Crippen MR) is 58.6 cm³/mol. The fraction of sp³-hybridized carbons (Fsp3) is 0.250. The van der Waals surface area contributed by atoms with Crippen LogP contribution in [-0.4, -0.2) is 33.6 Å². The smallest absolute Gasteiger partial charge is 0.488 e. The van der Waals surface area contributed by atoms with Crippen LogP contribution in [0.15, 0.2) is 23.1 Å². The fourth-order valence-electron chi connectivity index (χ4n) is 1.08. The maximum atomic E-state index is 12.0. The van der Waals surface area contributed by atoms with Crippen molar-refractivity contribution in [3.8, 4) is 0 Å². The van der Waals surface area contributed by atoms with Crippen LogP contribution in [0.25, 0.3) is 0 Å². The zero-order valence-electron chi connectivity index (χ0n) is 8.24. The molecule has 0 radical (unpaired) electrons. The standard InChI is InChI=1S/C8H7BClF3O3S/c10-6-2-1-5(9(14)15)3-7(6)17(16)4-8(11,12)13/h1-3,14-15H,4H2. The molecule has 17 heavy (non-hydrogen) atoms. The van der Waals surface area contributed by atoms with E-state index in [1.54, 1.807) is 0 Å². The average Bonchev–Trinajstić information content (AvgIpc) is 2.14. The number of halogens is 4. The van der Waals surface area contributed by atoms with Gasteiger partial charge in [0.05, 0.1) is 5.02 Å². The second-order valence-corrected chi connectivity index (χ2v) is 5.00. The summed E-state index contributed by atoms with van der Waals surface area (Å²) in [5.41, 5.74) is -0.0695. The van der Waals surface area contributed by atoms with Gasteiger partial charge in [-0.3, -0.25) is 0 Å². The molecule has 94 valence electrons. The molecule has 0 fully saturated rings. The third kappa shape index (κ3) is 4.40. The number of benzene rings is 1. The molecule has 1 atom stereocenters. The Morgan fingerprint density at radius 1 is 1.35 bits per heavy atom. The van der Waals surface area contributed by atoms with Gasteiger partial charge >= 0.3 is 13.3 Å². The molecule has 3 nitrogen and oxygen atoms in total. The van der Waals surface area contributed by atoms with E-state index in [9.17, 15) is 17.7 Å². The van der Waals surface area contributed by atoms with Crippen molar-refractivity contribution in [2.24, 2.45) is 0 Å². The molecule has 0 spiro atoms. The number of alkyl halides is 3. The summed E-state index contributed by atoms with van der Waals surface area (Å²) in [5.74, 6) is -1.53. The van der Waals surface area contributed by atoms with E-state index < -0.39 is 30.2 Å². The van der Waals surface area contributed by atoms with Crippen LogP contribution in [0, 0.1) is 0 Å². The van der Waals surface area contributed by atoms with Gasteiger partial charge in [0.15, 0.2) is 4.90 Å². The van der Waals surface area contributed by atoms with Gasteiger partial charge in [0, 0.05) is 0 Å². The van der Waals surface area contributed by atoms with E-state index in [0.29, 0.717) is 0 Å². The highest BCUT2D eigenvalue weighted by Crippen LogP contribution is 2.26. The highest BCUT2D eigenvalue weighted by Gasteiger charge is 2.36. The van der Waals surface area contributed by atoms with Gasteiger partial charge in [0.1, 0.15) is 0 Å². The zero-order valence-corrected chi connectivity index (χ0v) is 9.81. The second-order valence-electron chi connectivity index (χ2n) is 3.17. The zero-order chi connectivity index (χ0) is 13.2. The van der Waals surface area contributed by atoms with Crippen molar-refractivity contribution in [2.75, 3.05) is 5.75 Å². The second kappa shape index (κ2) is 5.49. The van der Waals surface area contributed by atoms with E-state index >= 15 is 0 Å². The highest BCUT2D eigenvalue weighted by atomic mass is 35.5. The molecular formula is C8H7BClF3O3S. The Kier molecular flexibility index (Phi) is 4.73. The normalized spacial score (nSPS) is 13.6. The number of hydrogen-bond acceptors (Lipinski definition) is 3. The van der Waals surface area contributed by atoms with Crippen LogP contribution in [0.3, 0.4) is 0 Å². The molecule has 1 rings (SSSR count). The van der Waals surface area contributed by atoms with E-state index in [1.165, 1.54) is 12.1 Å². The third-order valence-corrected chi connectivity index (χ3v) is 3.65. The summed E-state index contributed by atoms with van der Waals surface area (Å²) in [7, 11) is -1.85. The molecule has 9 heteroatoms. The molecular weight excluding hydrogens is 279 g/mol. The molecule has 0 aliphatic heterocycles. The Morgan fingerprint density at radius 2 is 1.94 bits per heavy atom. The van der Waals surface area contributed by atoms with E-state index in [-0.39, 0.29) is 15.4 Å². The lowest BCUT2D eigenvalue weighted by Crippen LogP contribution is -2.31. The van der Waals surface area contributed by atoms with Gasteiger partial charge < -0.3 is 14.6 Å². The molecule has 0 saturated heterocycles. The van der Waals surface area contributed by atoms with Crippen molar-refractivity contribution in [1.82, 2.24) is 0 Å². The quantitative estimate of drug-likeness (QED) is 0.635. The van der Waals surface area contributed by atoms with Gasteiger partial charge in [-0.25, -0.2) is 0 Å². The summed E-state index contributed by atoms with van der Waals surface area (Å²) in [5, 5.41) is 17.6. The van der Waals surface area contributed by atoms with Gasteiger partial charge in [-0.05, 0) is 28.8 Å². The molecule has 1 unspecified atom stereocenters. The molecule has 0 bridgehead atoms. The average molecular weight is 286 g/mol. The van der Waals surface area contributed by atoms with Crippen molar-refractivity contribution >= 4 is 35.4 Å². The predicted octanol–water partition coefficient (Wildman–Crippen LogP) is 0.690. The van der Waals surface area contributed by atoms with Crippen LogP contribution >= 0.6 is 11.6 Å². The van der Waals surface area contributed by atoms with E-state index in [0.717, 1.165) is 6.07 Å². The first-order valence-corrected chi connectivity index (χ1v) is 6.01. The molecule has 0 saturated carbocycles. The van der Waals surface area contributed by atoms with E-state index in [2.05, 4.69) is 0 Å². The summed E-state index contributed by atoms with van der Waals surface area (Å²) in [4.78, 5) is -0.269. The molecule has 0 amide bonds. The Labute approximate surface area is 104 Å². The van der Waals surface area contributed by atoms with E-state index in [1.807, 2.05) is 0 Å². The van der Waals surface area contributed by atoms with Crippen molar-refractivity contribution in [1.29, 1.82) is 0 Å². The van der Waals surface area contributed by atoms with Crippen molar-refractivity contribution in [3.63, 3.8) is 0 Å². The first-order chi connectivity index (χ1) is 7.70. The summed E-state index contributed by atoms with van der Waals surface area (Å²) in [6, 6.07) is 3.37. The van der Waals surface area contributed by atoms with Crippen molar-refractivity contribution in [3.05, 3.63) is 23.2 Å². The highest BCUT2D eigenvalue weighted by molar-refractivity contribution is 7.91. The minimum atomic E-state index is -4.58. The molecule has 0 aliphatic carbocycles. The molecule has 1 aromatic rings. The Hall–Kier alpha value is -0.405. The van der Waals surface area contributed by atoms with Gasteiger partial charge in [-0.2, -0.15) is 13.2 Å². The van der Waals surface area contributed by atoms with Crippen LogP contribution in [-0.2, 0) is 11.2 Å². The maximum Gasteiger partial charge on any atom is 0.488 e. The largest absolute Gasteiger partial charge is 0.611 e. The molecule has 2 N–H and O–H groups in total. The third-order valence-electron chi connectivity index (χ3n) is 1.79. The van der Waals surface area contributed by atoms with Crippen LogP contribution < -0.4 is 5.46 Å². The molecule has 0 heterocycles. The topological polar surface area (TPSA) is 63.5 Å². The number of hydrogen-bond donors (Lipinski definition) is 2. The van der Waals surface area contributed by atoms with E-state index in [4.69, 9.17) is 21.6 Å². The molecule has 1 aromatic carbocycles. The van der Waals surface area contributed by atoms with Gasteiger partial charge in [0.2, 0.25) is 5.75 Å².